The van der Waals surface area contributed by atoms with Gasteiger partial charge in [0.05, 0.1) is 5.01 Å². The Bertz CT molecular complexity index is 553. The predicted molar refractivity (Wildman–Crippen MR) is 92.4 cm³/mol. The molecule has 1 aromatic heterocycles. The molecular formula is C17H23ClN2S. The van der Waals surface area contributed by atoms with E-state index in [-0.39, 0.29) is 0 Å². The van der Waals surface area contributed by atoms with Crippen molar-refractivity contribution in [1.82, 2.24) is 10.3 Å². The zero-order chi connectivity index (χ0) is 15.1. The first kappa shape index (κ1) is 16.5. The van der Waals surface area contributed by atoms with E-state index in [9.17, 15) is 0 Å². The molecule has 114 valence electrons. The fraction of sp³-hybridized carbons (Fsp3) is 0.471. The van der Waals surface area contributed by atoms with E-state index in [2.05, 4.69) is 41.7 Å². The van der Waals surface area contributed by atoms with E-state index < -0.39 is 0 Å². The Balaban J connectivity index is 2.02. The van der Waals surface area contributed by atoms with Crippen LogP contribution < -0.4 is 5.32 Å². The molecule has 1 unspecified atom stereocenters. The van der Waals surface area contributed by atoms with Gasteiger partial charge in [0.25, 0.3) is 0 Å². The average Bonchev–Trinajstić information content (AvgIpc) is 2.87. The largest absolute Gasteiger partial charge is 0.316 e. The predicted octanol–water partition coefficient (Wildman–Crippen LogP) is 4.51. The fourth-order valence-electron chi connectivity index (χ4n) is 2.42. The molecule has 2 nitrogen and oxygen atoms in total. The van der Waals surface area contributed by atoms with Crippen molar-refractivity contribution >= 4 is 22.9 Å². The Kier molecular flexibility index (Phi) is 6.68. The van der Waals surface area contributed by atoms with Crippen LogP contribution in [0.2, 0.25) is 5.02 Å². The maximum atomic E-state index is 6.30. The van der Waals surface area contributed by atoms with Gasteiger partial charge in [-0.05, 0) is 50.4 Å². The molecule has 1 aromatic carbocycles. The van der Waals surface area contributed by atoms with Gasteiger partial charge in [0.15, 0.2) is 0 Å². The monoisotopic (exact) mass is 322 g/mol. The molecule has 1 heterocycles. The Morgan fingerprint density at radius 3 is 2.76 bits per heavy atom. The van der Waals surface area contributed by atoms with Crippen molar-refractivity contribution in [2.75, 3.05) is 13.1 Å². The highest BCUT2D eigenvalue weighted by molar-refractivity contribution is 7.09. The molecule has 0 fully saturated rings. The van der Waals surface area contributed by atoms with E-state index in [1.807, 2.05) is 12.1 Å². The van der Waals surface area contributed by atoms with Crippen molar-refractivity contribution in [1.29, 1.82) is 0 Å². The van der Waals surface area contributed by atoms with E-state index >= 15 is 0 Å². The van der Waals surface area contributed by atoms with Crippen LogP contribution in [0, 0.1) is 12.8 Å². The van der Waals surface area contributed by atoms with E-state index in [4.69, 9.17) is 11.6 Å². The van der Waals surface area contributed by atoms with E-state index in [1.54, 1.807) is 11.3 Å². The maximum Gasteiger partial charge on any atom is 0.0931 e. The van der Waals surface area contributed by atoms with Gasteiger partial charge < -0.3 is 5.32 Å². The number of aryl methyl sites for hydroxylation is 1. The van der Waals surface area contributed by atoms with E-state index in [0.717, 1.165) is 43.1 Å². The van der Waals surface area contributed by atoms with Crippen LogP contribution in [0.3, 0.4) is 0 Å². The summed E-state index contributed by atoms with van der Waals surface area (Å²) in [5.74, 6) is 0.530. The zero-order valence-electron chi connectivity index (χ0n) is 12.7. The molecule has 0 saturated heterocycles. The summed E-state index contributed by atoms with van der Waals surface area (Å²) in [6.07, 6.45) is 3.17. The molecule has 0 aliphatic heterocycles. The number of nitrogens with zero attached hydrogens (tertiary/aromatic N) is 1. The summed E-state index contributed by atoms with van der Waals surface area (Å²) in [6, 6.07) is 8.15. The van der Waals surface area contributed by atoms with Gasteiger partial charge >= 0.3 is 0 Å². The molecule has 0 aliphatic rings. The second kappa shape index (κ2) is 8.52. The van der Waals surface area contributed by atoms with Crippen LogP contribution in [0.15, 0.2) is 29.6 Å². The standard InChI is InChI=1S/C17H23ClN2S/c1-3-8-19-11-14(10-17-20-13(2)12-21-17)9-15-6-4-5-7-16(15)18/h4-7,12,14,19H,3,8-11H2,1-2H3. The molecule has 2 rings (SSSR count). The third kappa shape index (κ3) is 5.42. The lowest BCUT2D eigenvalue weighted by Gasteiger charge is -2.17. The van der Waals surface area contributed by atoms with Crippen LogP contribution in [-0.2, 0) is 12.8 Å². The molecule has 0 amide bonds. The van der Waals surface area contributed by atoms with Crippen molar-refractivity contribution in [2.45, 2.75) is 33.1 Å². The van der Waals surface area contributed by atoms with Crippen LogP contribution in [0.1, 0.15) is 29.6 Å². The van der Waals surface area contributed by atoms with Crippen LogP contribution >= 0.6 is 22.9 Å². The Morgan fingerprint density at radius 2 is 2.10 bits per heavy atom. The summed E-state index contributed by atoms with van der Waals surface area (Å²) < 4.78 is 0. The number of nitrogens with one attached hydrogen (secondary N) is 1. The van der Waals surface area contributed by atoms with Gasteiger partial charge in [-0.15, -0.1) is 11.3 Å². The van der Waals surface area contributed by atoms with E-state index in [0.29, 0.717) is 5.92 Å². The van der Waals surface area contributed by atoms with Crippen molar-refractivity contribution in [3.8, 4) is 0 Å². The summed E-state index contributed by atoms with van der Waals surface area (Å²) in [4.78, 5) is 4.60. The van der Waals surface area contributed by atoms with Gasteiger partial charge in [-0.1, -0.05) is 36.7 Å². The lowest BCUT2D eigenvalue weighted by Crippen LogP contribution is -2.26. The highest BCUT2D eigenvalue weighted by Crippen LogP contribution is 2.22. The summed E-state index contributed by atoms with van der Waals surface area (Å²) >= 11 is 8.06. The first-order valence-corrected chi connectivity index (χ1v) is 8.80. The Morgan fingerprint density at radius 1 is 1.29 bits per heavy atom. The second-order valence-electron chi connectivity index (χ2n) is 5.45. The molecule has 1 atom stereocenters. The summed E-state index contributed by atoms with van der Waals surface area (Å²) in [5, 5.41) is 7.76. The van der Waals surface area contributed by atoms with Crippen molar-refractivity contribution in [2.24, 2.45) is 5.92 Å². The summed E-state index contributed by atoms with van der Waals surface area (Å²) in [5.41, 5.74) is 2.35. The van der Waals surface area contributed by atoms with Crippen molar-refractivity contribution < 1.29 is 0 Å². The first-order chi connectivity index (χ1) is 10.2. The molecule has 1 N–H and O–H groups in total. The third-order valence-electron chi connectivity index (χ3n) is 3.46. The maximum absolute atomic E-state index is 6.30. The van der Waals surface area contributed by atoms with Gasteiger partial charge in [0.1, 0.15) is 0 Å². The molecule has 21 heavy (non-hydrogen) atoms. The number of halogens is 1. The first-order valence-electron chi connectivity index (χ1n) is 7.54. The van der Waals surface area contributed by atoms with Crippen LogP contribution in [0.5, 0.6) is 0 Å². The Labute approximate surface area is 136 Å². The number of aromatic nitrogens is 1. The minimum atomic E-state index is 0.530. The molecule has 0 spiro atoms. The summed E-state index contributed by atoms with van der Waals surface area (Å²) in [7, 11) is 0. The quantitative estimate of drug-likeness (QED) is 0.723. The van der Waals surface area contributed by atoms with Crippen molar-refractivity contribution in [3.05, 3.63) is 50.9 Å². The topological polar surface area (TPSA) is 24.9 Å². The number of rotatable bonds is 8. The minimum Gasteiger partial charge on any atom is -0.316 e. The summed E-state index contributed by atoms with van der Waals surface area (Å²) in [6.45, 7) is 6.33. The highest BCUT2D eigenvalue weighted by atomic mass is 35.5. The lowest BCUT2D eigenvalue weighted by molar-refractivity contribution is 0.470. The van der Waals surface area contributed by atoms with Crippen molar-refractivity contribution in [3.63, 3.8) is 0 Å². The molecule has 4 heteroatoms. The Hall–Kier alpha value is -0.900. The SMILES string of the molecule is CCCNCC(Cc1nc(C)cs1)Cc1ccccc1Cl. The van der Waals surface area contributed by atoms with Crippen LogP contribution in [0.25, 0.3) is 0 Å². The third-order valence-corrected chi connectivity index (χ3v) is 4.81. The van der Waals surface area contributed by atoms with Gasteiger partial charge in [-0.25, -0.2) is 4.98 Å². The highest BCUT2D eigenvalue weighted by Gasteiger charge is 2.14. The number of thiazole rings is 1. The normalized spacial score (nSPS) is 12.5. The minimum absolute atomic E-state index is 0.530. The number of hydrogen-bond acceptors (Lipinski definition) is 3. The molecule has 0 radical (unpaired) electrons. The zero-order valence-corrected chi connectivity index (χ0v) is 14.3. The van der Waals surface area contributed by atoms with Gasteiger partial charge in [-0.2, -0.15) is 0 Å². The molecular weight excluding hydrogens is 300 g/mol. The van der Waals surface area contributed by atoms with Crippen LogP contribution in [0.4, 0.5) is 0 Å². The molecule has 0 aliphatic carbocycles. The lowest BCUT2D eigenvalue weighted by atomic mass is 9.96. The smallest absolute Gasteiger partial charge is 0.0931 e. The average molecular weight is 323 g/mol. The van der Waals surface area contributed by atoms with Gasteiger partial charge in [0, 0.05) is 22.5 Å². The fourth-order valence-corrected chi connectivity index (χ4v) is 3.52. The number of benzene rings is 1. The van der Waals surface area contributed by atoms with E-state index in [1.165, 1.54) is 10.6 Å². The second-order valence-corrected chi connectivity index (χ2v) is 6.80. The molecule has 0 saturated carbocycles. The van der Waals surface area contributed by atoms with Crippen LogP contribution in [-0.4, -0.2) is 18.1 Å². The molecule has 2 aromatic rings. The van der Waals surface area contributed by atoms with Gasteiger partial charge in [-0.3, -0.25) is 0 Å². The number of hydrogen-bond donors (Lipinski definition) is 1. The molecule has 0 bridgehead atoms. The van der Waals surface area contributed by atoms with Gasteiger partial charge in [0.2, 0.25) is 0 Å².